The third kappa shape index (κ3) is 2.89. The first kappa shape index (κ1) is 24.5. The molecule has 0 nitrogen and oxygen atoms in total. The highest BCUT2D eigenvalue weighted by Gasteiger charge is 2.43. The molecule has 0 fully saturated rings. The van der Waals surface area contributed by atoms with Crippen LogP contribution in [0.4, 0.5) is 0 Å². The van der Waals surface area contributed by atoms with Crippen molar-refractivity contribution in [3.8, 4) is 33.4 Å². The number of fused-ring (bicyclic) bond motifs is 9. The van der Waals surface area contributed by atoms with Gasteiger partial charge in [0.25, 0.3) is 0 Å². The first-order chi connectivity index (χ1) is 21.3. The first-order valence-corrected chi connectivity index (χ1v) is 15.9. The lowest BCUT2D eigenvalue weighted by atomic mass is 9.79. The molecule has 44 heavy (non-hydrogen) atoms. The van der Waals surface area contributed by atoms with Crippen LogP contribution in [-0.2, 0) is 10.8 Å². The summed E-state index contributed by atoms with van der Waals surface area (Å²) < 4.78 is 0. The minimum atomic E-state index is -0.0951. The second-order valence-electron chi connectivity index (χ2n) is 14.1. The third-order valence-electron chi connectivity index (χ3n) is 11.1. The molecule has 0 spiro atoms. The maximum atomic E-state index is 2.57. The Hall–Kier alpha value is -4.94. The summed E-state index contributed by atoms with van der Waals surface area (Å²) in [5, 5.41) is 10.8. The van der Waals surface area contributed by atoms with Crippen molar-refractivity contribution in [2.45, 2.75) is 38.5 Å². The van der Waals surface area contributed by atoms with Gasteiger partial charge in [-0.1, -0.05) is 119 Å². The summed E-state index contributed by atoms with van der Waals surface area (Å²) >= 11 is 0. The van der Waals surface area contributed by atoms with E-state index in [0.717, 1.165) is 0 Å². The molecule has 0 N–H and O–H groups in total. The molecule has 2 aliphatic carbocycles. The van der Waals surface area contributed by atoms with Crippen molar-refractivity contribution in [1.82, 2.24) is 0 Å². The fourth-order valence-electron chi connectivity index (χ4n) is 8.90. The average molecular weight is 561 g/mol. The van der Waals surface area contributed by atoms with Crippen LogP contribution in [0.5, 0.6) is 0 Å². The second-order valence-corrected chi connectivity index (χ2v) is 14.1. The molecule has 0 unspecified atom stereocenters. The minimum absolute atomic E-state index is 0.0613. The third-order valence-corrected chi connectivity index (χ3v) is 11.1. The van der Waals surface area contributed by atoms with Crippen LogP contribution >= 0.6 is 0 Å². The molecule has 208 valence electrons. The van der Waals surface area contributed by atoms with E-state index in [0.29, 0.717) is 0 Å². The molecule has 0 saturated carbocycles. The van der Waals surface area contributed by atoms with Crippen LogP contribution < -0.4 is 0 Å². The molecule has 0 heteroatoms. The van der Waals surface area contributed by atoms with E-state index in [1.165, 1.54) is 98.7 Å². The lowest BCUT2D eigenvalue weighted by Gasteiger charge is -2.24. The second kappa shape index (κ2) is 7.96. The Morgan fingerprint density at radius 2 is 0.932 bits per heavy atom. The minimum Gasteiger partial charge on any atom is -0.0622 e. The lowest BCUT2D eigenvalue weighted by Crippen LogP contribution is -2.17. The molecule has 0 radical (unpaired) electrons. The van der Waals surface area contributed by atoms with Crippen molar-refractivity contribution in [1.29, 1.82) is 0 Å². The van der Waals surface area contributed by atoms with E-state index < -0.39 is 0 Å². The van der Waals surface area contributed by atoms with Gasteiger partial charge < -0.3 is 0 Å². The van der Waals surface area contributed by atoms with E-state index in [4.69, 9.17) is 0 Å². The van der Waals surface area contributed by atoms with Gasteiger partial charge in [-0.3, -0.25) is 0 Å². The monoisotopic (exact) mass is 560 g/mol. The fourth-order valence-corrected chi connectivity index (χ4v) is 8.90. The van der Waals surface area contributed by atoms with E-state index in [9.17, 15) is 0 Å². The first-order valence-electron chi connectivity index (χ1n) is 15.9. The van der Waals surface area contributed by atoms with E-state index >= 15 is 0 Å². The fraction of sp³-hybridized carbons (Fsp3) is 0.136. The molecule has 0 aromatic heterocycles. The number of hydrogen-bond donors (Lipinski definition) is 0. The summed E-state index contributed by atoms with van der Waals surface area (Å²) in [6, 6.07) is 46.2. The van der Waals surface area contributed by atoms with Gasteiger partial charge in [0.1, 0.15) is 0 Å². The molecule has 8 aromatic carbocycles. The van der Waals surface area contributed by atoms with Crippen LogP contribution in [0.1, 0.15) is 49.9 Å². The summed E-state index contributed by atoms with van der Waals surface area (Å²) in [5.41, 5.74) is 13.9. The van der Waals surface area contributed by atoms with Crippen molar-refractivity contribution in [2.24, 2.45) is 0 Å². The Kier molecular flexibility index (Phi) is 4.43. The van der Waals surface area contributed by atoms with Gasteiger partial charge in [-0.05, 0) is 129 Å². The zero-order valence-corrected chi connectivity index (χ0v) is 25.5. The molecule has 0 amide bonds. The Morgan fingerprint density at radius 1 is 0.364 bits per heavy atom. The maximum absolute atomic E-state index is 2.57. The topological polar surface area (TPSA) is 0 Å². The predicted octanol–water partition coefficient (Wildman–Crippen LogP) is 12.0. The van der Waals surface area contributed by atoms with E-state index in [1.54, 1.807) is 0 Å². The van der Waals surface area contributed by atoms with Crippen molar-refractivity contribution in [2.75, 3.05) is 0 Å². The van der Waals surface area contributed by atoms with Crippen LogP contribution in [0.25, 0.3) is 76.5 Å². The summed E-state index contributed by atoms with van der Waals surface area (Å²) in [6.45, 7) is 9.68. The van der Waals surface area contributed by atoms with Gasteiger partial charge >= 0.3 is 0 Å². The van der Waals surface area contributed by atoms with Crippen LogP contribution in [0.3, 0.4) is 0 Å². The molecule has 0 atom stereocenters. The lowest BCUT2D eigenvalue weighted by molar-refractivity contribution is 0.652. The van der Waals surface area contributed by atoms with Crippen LogP contribution in [-0.4, -0.2) is 0 Å². The Morgan fingerprint density at radius 3 is 1.66 bits per heavy atom. The number of benzene rings is 8. The highest BCUT2D eigenvalue weighted by Crippen LogP contribution is 2.59. The standard InChI is InChI=1S/C44H32/c1-43(2)35-19-17-26-12-8-9-13-31(26)41(35)33-23-37-34(24-36(33)43)42-32-18-16-28-21-30(25-10-6-5-7-11-25)20-27-14-15-29(40(32)39(27)28)22-38(42)44(37,3)4/h5-24H,1-4H3. The van der Waals surface area contributed by atoms with Crippen LogP contribution in [0.2, 0.25) is 0 Å². The average Bonchev–Trinajstić information content (AvgIpc) is 3.41. The molecule has 0 aliphatic heterocycles. The largest absolute Gasteiger partial charge is 0.0622 e. The molecular formula is C44H32. The zero-order chi connectivity index (χ0) is 29.5. The van der Waals surface area contributed by atoms with Crippen LogP contribution in [0, 0.1) is 0 Å². The molecule has 10 rings (SSSR count). The van der Waals surface area contributed by atoms with Crippen LogP contribution in [0.15, 0.2) is 121 Å². The molecule has 0 bridgehead atoms. The Labute approximate surface area is 257 Å². The SMILES string of the molecule is CC1(C)c2cc3c(cc2-c2c1ccc1ccccc21)C(C)(C)c1cc2ccc4cc(-c5ccccc5)cc5ccc(c1-3)c2c45. The predicted molar refractivity (Wildman–Crippen MR) is 188 cm³/mol. The molecule has 0 saturated heterocycles. The summed E-state index contributed by atoms with van der Waals surface area (Å²) in [6.07, 6.45) is 0. The smallest absolute Gasteiger partial charge is 0.0159 e. The van der Waals surface area contributed by atoms with Crippen molar-refractivity contribution in [3.63, 3.8) is 0 Å². The molecule has 8 aromatic rings. The summed E-state index contributed by atoms with van der Waals surface area (Å²) in [4.78, 5) is 0. The molecule has 0 heterocycles. The van der Waals surface area contributed by atoms with E-state index in [1.807, 2.05) is 0 Å². The summed E-state index contributed by atoms with van der Waals surface area (Å²) in [5.74, 6) is 0. The van der Waals surface area contributed by atoms with Gasteiger partial charge in [-0.25, -0.2) is 0 Å². The van der Waals surface area contributed by atoms with Crippen molar-refractivity contribution < 1.29 is 0 Å². The van der Waals surface area contributed by atoms with E-state index in [-0.39, 0.29) is 10.8 Å². The van der Waals surface area contributed by atoms with Gasteiger partial charge in [0.05, 0.1) is 0 Å². The van der Waals surface area contributed by atoms with Gasteiger partial charge in [0.2, 0.25) is 0 Å². The Bertz CT molecular complexity index is 2510. The quantitative estimate of drug-likeness (QED) is 0.175. The zero-order valence-electron chi connectivity index (χ0n) is 25.5. The van der Waals surface area contributed by atoms with Gasteiger partial charge in [0, 0.05) is 10.8 Å². The molecular weight excluding hydrogens is 528 g/mol. The highest BCUT2D eigenvalue weighted by atomic mass is 14.5. The normalized spacial score (nSPS) is 15.6. The van der Waals surface area contributed by atoms with Crippen molar-refractivity contribution >= 4 is 43.1 Å². The number of rotatable bonds is 1. The van der Waals surface area contributed by atoms with Crippen molar-refractivity contribution in [3.05, 3.63) is 144 Å². The van der Waals surface area contributed by atoms with Gasteiger partial charge in [-0.2, -0.15) is 0 Å². The summed E-state index contributed by atoms with van der Waals surface area (Å²) in [7, 11) is 0. The number of hydrogen-bond acceptors (Lipinski definition) is 0. The Balaban J connectivity index is 1.27. The van der Waals surface area contributed by atoms with Gasteiger partial charge in [0.15, 0.2) is 0 Å². The van der Waals surface area contributed by atoms with E-state index in [2.05, 4.69) is 149 Å². The van der Waals surface area contributed by atoms with Gasteiger partial charge in [-0.15, -0.1) is 0 Å². The highest BCUT2D eigenvalue weighted by molar-refractivity contribution is 6.27. The maximum Gasteiger partial charge on any atom is 0.0159 e. The molecule has 2 aliphatic rings.